The zero-order valence-electron chi connectivity index (χ0n) is 10.1. The molecule has 0 spiro atoms. The Kier molecular flexibility index (Phi) is 3.31. The third-order valence-corrected chi connectivity index (χ3v) is 3.76. The molecule has 2 rings (SSSR count). The van der Waals surface area contributed by atoms with Crippen molar-refractivity contribution >= 4 is 0 Å². The second-order valence-electron chi connectivity index (χ2n) is 4.86. The molecule has 0 aromatic heterocycles. The monoisotopic (exact) mass is 220 g/mol. The first-order valence-electron chi connectivity index (χ1n) is 6.01. The third kappa shape index (κ3) is 1.87. The van der Waals surface area contributed by atoms with Crippen LogP contribution in [0, 0.1) is 0 Å². The Labute approximate surface area is 97.3 Å². The highest BCUT2D eigenvalue weighted by Gasteiger charge is 2.39. The summed E-state index contributed by atoms with van der Waals surface area (Å²) in [6.45, 7) is 5.91. The number of ether oxygens (including phenoxy) is 1. The van der Waals surface area contributed by atoms with Gasteiger partial charge in [0.1, 0.15) is 0 Å². The first-order valence-corrected chi connectivity index (χ1v) is 6.01. The van der Waals surface area contributed by atoms with E-state index in [1.807, 2.05) is 0 Å². The van der Waals surface area contributed by atoms with Crippen LogP contribution >= 0.6 is 0 Å². The smallest absolute Gasteiger partial charge is 0.0651 e. The molecule has 0 saturated carbocycles. The minimum absolute atomic E-state index is 0.131. The predicted molar refractivity (Wildman–Crippen MR) is 64.7 cm³/mol. The first kappa shape index (κ1) is 11.6. The predicted octanol–water partition coefficient (Wildman–Crippen LogP) is 2.46. The van der Waals surface area contributed by atoms with Gasteiger partial charge in [-0.05, 0) is 23.5 Å². The molecular formula is C14H20O2. The minimum Gasteiger partial charge on any atom is -0.395 e. The Morgan fingerprint density at radius 3 is 2.31 bits per heavy atom. The van der Waals surface area contributed by atoms with Gasteiger partial charge in [-0.3, -0.25) is 0 Å². The van der Waals surface area contributed by atoms with Crippen LogP contribution in [0.1, 0.15) is 37.3 Å². The first-order chi connectivity index (χ1) is 7.72. The van der Waals surface area contributed by atoms with Crippen LogP contribution < -0.4 is 0 Å². The van der Waals surface area contributed by atoms with Crippen molar-refractivity contribution in [2.75, 3.05) is 19.8 Å². The molecule has 0 amide bonds. The van der Waals surface area contributed by atoms with Gasteiger partial charge in [0.05, 0.1) is 25.2 Å². The summed E-state index contributed by atoms with van der Waals surface area (Å²) in [4.78, 5) is 0. The molecule has 1 saturated heterocycles. The lowest BCUT2D eigenvalue weighted by atomic mass is 9.79. The molecule has 1 aromatic rings. The van der Waals surface area contributed by atoms with Gasteiger partial charge >= 0.3 is 0 Å². The molecule has 0 aliphatic carbocycles. The minimum atomic E-state index is -0.131. The molecule has 1 N–H and O–H groups in total. The maximum absolute atomic E-state index is 9.43. The van der Waals surface area contributed by atoms with E-state index in [0.29, 0.717) is 19.1 Å². The third-order valence-electron chi connectivity index (χ3n) is 3.76. The standard InChI is InChI=1S/C14H20O2/c1-3-11(2)12-4-6-13(7-5-12)14(8-15)9-16-10-14/h4-7,11,15H,3,8-10H2,1-2H3. The van der Waals surface area contributed by atoms with E-state index in [1.54, 1.807) is 0 Å². The van der Waals surface area contributed by atoms with E-state index in [1.165, 1.54) is 11.1 Å². The molecule has 1 unspecified atom stereocenters. The van der Waals surface area contributed by atoms with E-state index < -0.39 is 0 Å². The van der Waals surface area contributed by atoms with Crippen molar-refractivity contribution in [3.8, 4) is 0 Å². The second kappa shape index (κ2) is 4.56. The van der Waals surface area contributed by atoms with Crippen LogP contribution in [0.15, 0.2) is 24.3 Å². The number of hydrogen-bond donors (Lipinski definition) is 1. The maximum atomic E-state index is 9.43. The summed E-state index contributed by atoms with van der Waals surface area (Å²) in [5.74, 6) is 0.608. The molecule has 0 bridgehead atoms. The fourth-order valence-corrected chi connectivity index (χ4v) is 2.10. The summed E-state index contributed by atoms with van der Waals surface area (Å²) in [7, 11) is 0. The van der Waals surface area contributed by atoms with Gasteiger partial charge in [-0.15, -0.1) is 0 Å². The lowest BCUT2D eigenvalue weighted by Gasteiger charge is -2.40. The lowest BCUT2D eigenvalue weighted by Crippen LogP contribution is -2.49. The van der Waals surface area contributed by atoms with Crippen molar-refractivity contribution in [2.24, 2.45) is 0 Å². The van der Waals surface area contributed by atoms with Crippen molar-refractivity contribution in [2.45, 2.75) is 31.6 Å². The van der Waals surface area contributed by atoms with Crippen LogP contribution in [0.2, 0.25) is 0 Å². The number of aliphatic hydroxyl groups excluding tert-OH is 1. The molecule has 1 heterocycles. The SMILES string of the molecule is CCC(C)c1ccc(C2(CO)COC2)cc1. The van der Waals surface area contributed by atoms with E-state index >= 15 is 0 Å². The lowest BCUT2D eigenvalue weighted by molar-refractivity contribution is -0.0841. The molecule has 1 fully saturated rings. The summed E-state index contributed by atoms with van der Waals surface area (Å²) in [6, 6.07) is 8.64. The molecule has 2 heteroatoms. The Balaban J connectivity index is 2.18. The normalized spacial score (nSPS) is 20.2. The van der Waals surface area contributed by atoms with Crippen molar-refractivity contribution in [3.05, 3.63) is 35.4 Å². The molecule has 0 radical (unpaired) electrons. The summed E-state index contributed by atoms with van der Waals surface area (Å²) < 4.78 is 5.22. The van der Waals surface area contributed by atoms with Gasteiger partial charge in [0.25, 0.3) is 0 Å². The van der Waals surface area contributed by atoms with Crippen molar-refractivity contribution in [1.29, 1.82) is 0 Å². The highest BCUT2D eigenvalue weighted by Crippen LogP contribution is 2.32. The molecule has 1 aliphatic rings. The molecule has 1 atom stereocenters. The molecule has 1 aliphatic heterocycles. The van der Waals surface area contributed by atoms with Crippen LogP contribution in [0.4, 0.5) is 0 Å². The van der Waals surface area contributed by atoms with E-state index in [9.17, 15) is 5.11 Å². The molecule has 88 valence electrons. The Morgan fingerprint density at radius 2 is 1.94 bits per heavy atom. The van der Waals surface area contributed by atoms with Gasteiger partial charge in [-0.1, -0.05) is 38.1 Å². The summed E-state index contributed by atoms with van der Waals surface area (Å²) in [6.07, 6.45) is 1.16. The van der Waals surface area contributed by atoms with E-state index in [-0.39, 0.29) is 12.0 Å². The van der Waals surface area contributed by atoms with Crippen molar-refractivity contribution in [3.63, 3.8) is 0 Å². The maximum Gasteiger partial charge on any atom is 0.0651 e. The second-order valence-corrected chi connectivity index (χ2v) is 4.86. The zero-order valence-corrected chi connectivity index (χ0v) is 10.1. The van der Waals surface area contributed by atoms with Gasteiger partial charge in [-0.25, -0.2) is 0 Å². The van der Waals surface area contributed by atoms with Crippen LogP contribution in [-0.4, -0.2) is 24.9 Å². The van der Waals surface area contributed by atoms with Crippen LogP contribution in [0.3, 0.4) is 0 Å². The Morgan fingerprint density at radius 1 is 1.31 bits per heavy atom. The van der Waals surface area contributed by atoms with Gasteiger partial charge in [0.15, 0.2) is 0 Å². The fraction of sp³-hybridized carbons (Fsp3) is 0.571. The number of benzene rings is 1. The van der Waals surface area contributed by atoms with Crippen LogP contribution in [0.25, 0.3) is 0 Å². The average molecular weight is 220 g/mol. The molecule has 16 heavy (non-hydrogen) atoms. The fourth-order valence-electron chi connectivity index (χ4n) is 2.10. The zero-order chi connectivity index (χ0) is 11.6. The van der Waals surface area contributed by atoms with Crippen molar-refractivity contribution < 1.29 is 9.84 Å². The number of hydrogen-bond acceptors (Lipinski definition) is 2. The Hall–Kier alpha value is -0.860. The van der Waals surface area contributed by atoms with E-state index in [2.05, 4.69) is 38.1 Å². The number of aliphatic hydroxyl groups is 1. The van der Waals surface area contributed by atoms with Gasteiger partial charge in [-0.2, -0.15) is 0 Å². The molecular weight excluding hydrogens is 200 g/mol. The Bertz CT molecular complexity index is 333. The highest BCUT2D eigenvalue weighted by atomic mass is 16.5. The van der Waals surface area contributed by atoms with Crippen molar-refractivity contribution in [1.82, 2.24) is 0 Å². The summed E-state index contributed by atoms with van der Waals surface area (Å²) in [5.41, 5.74) is 2.45. The summed E-state index contributed by atoms with van der Waals surface area (Å²) in [5, 5.41) is 9.43. The molecule has 1 aromatic carbocycles. The topological polar surface area (TPSA) is 29.5 Å². The number of rotatable bonds is 4. The summed E-state index contributed by atoms with van der Waals surface area (Å²) >= 11 is 0. The van der Waals surface area contributed by atoms with Gasteiger partial charge < -0.3 is 9.84 Å². The van der Waals surface area contributed by atoms with Gasteiger partial charge in [0.2, 0.25) is 0 Å². The van der Waals surface area contributed by atoms with Crippen LogP contribution in [0.5, 0.6) is 0 Å². The van der Waals surface area contributed by atoms with E-state index in [0.717, 1.165) is 6.42 Å². The largest absolute Gasteiger partial charge is 0.395 e. The molecule has 2 nitrogen and oxygen atoms in total. The van der Waals surface area contributed by atoms with Gasteiger partial charge in [0, 0.05) is 0 Å². The van der Waals surface area contributed by atoms with E-state index in [4.69, 9.17) is 4.74 Å². The van der Waals surface area contributed by atoms with Crippen LogP contribution in [-0.2, 0) is 10.2 Å². The quantitative estimate of drug-likeness (QED) is 0.844. The average Bonchev–Trinajstić information content (AvgIpc) is 2.28. The highest BCUT2D eigenvalue weighted by molar-refractivity contribution is 5.32.